The molecular weight excluding hydrogens is 272 g/mol. The maximum Gasteiger partial charge on any atom is 0.129 e. The zero-order valence-corrected chi connectivity index (χ0v) is 12.7. The van der Waals surface area contributed by atoms with Crippen LogP contribution in [0.3, 0.4) is 0 Å². The number of hydrogen-bond acceptors (Lipinski definition) is 2. The number of benzene rings is 1. The first-order chi connectivity index (χ1) is 10.0. The van der Waals surface area contributed by atoms with Crippen molar-refractivity contribution in [1.29, 1.82) is 0 Å². The maximum atomic E-state index is 13.7. The van der Waals surface area contributed by atoms with E-state index in [4.69, 9.17) is 0 Å². The minimum absolute atomic E-state index is 0.0741. The van der Waals surface area contributed by atoms with E-state index in [1.807, 2.05) is 18.8 Å². The molecule has 5 heteroatoms. The summed E-state index contributed by atoms with van der Waals surface area (Å²) >= 11 is 0. The Balaban J connectivity index is 2.10. The molecule has 0 aliphatic carbocycles. The standard InChI is InChI=1S/C16H21F2N3/c1-4-13-9-15(21(3)20-13)10-14(19-2)7-11-5-6-12(17)8-16(11)18/h5-6,8-9,14,19H,4,7,10H2,1-3H3. The van der Waals surface area contributed by atoms with Crippen molar-refractivity contribution in [3.63, 3.8) is 0 Å². The molecule has 0 radical (unpaired) electrons. The van der Waals surface area contributed by atoms with Crippen LogP contribution in [0.25, 0.3) is 0 Å². The van der Waals surface area contributed by atoms with Gasteiger partial charge in [-0.2, -0.15) is 5.10 Å². The van der Waals surface area contributed by atoms with E-state index in [-0.39, 0.29) is 6.04 Å². The number of likely N-dealkylation sites (N-methyl/N-ethyl adjacent to an activating group) is 1. The molecular formula is C16H21F2N3. The quantitative estimate of drug-likeness (QED) is 0.887. The number of nitrogens with zero attached hydrogens (tertiary/aromatic N) is 2. The van der Waals surface area contributed by atoms with Crippen LogP contribution in [0.15, 0.2) is 24.3 Å². The second-order valence-electron chi connectivity index (χ2n) is 5.23. The summed E-state index contributed by atoms with van der Waals surface area (Å²) in [4.78, 5) is 0. The second-order valence-corrected chi connectivity index (χ2v) is 5.23. The maximum absolute atomic E-state index is 13.7. The minimum atomic E-state index is -0.545. The zero-order chi connectivity index (χ0) is 15.4. The molecule has 21 heavy (non-hydrogen) atoms. The van der Waals surface area contributed by atoms with Crippen molar-refractivity contribution in [3.8, 4) is 0 Å². The van der Waals surface area contributed by atoms with Crippen molar-refractivity contribution in [2.75, 3.05) is 7.05 Å². The summed E-state index contributed by atoms with van der Waals surface area (Å²) in [6.45, 7) is 2.07. The van der Waals surface area contributed by atoms with Gasteiger partial charge in [-0.3, -0.25) is 4.68 Å². The van der Waals surface area contributed by atoms with Gasteiger partial charge < -0.3 is 5.32 Å². The Morgan fingerprint density at radius 3 is 2.57 bits per heavy atom. The molecule has 1 atom stereocenters. The van der Waals surface area contributed by atoms with Crippen molar-refractivity contribution in [2.45, 2.75) is 32.2 Å². The molecule has 1 unspecified atom stereocenters. The molecule has 0 amide bonds. The largest absolute Gasteiger partial charge is 0.316 e. The van der Waals surface area contributed by atoms with E-state index >= 15 is 0 Å². The summed E-state index contributed by atoms with van der Waals surface area (Å²) in [5.41, 5.74) is 2.68. The van der Waals surface area contributed by atoms with Gasteiger partial charge in [0.05, 0.1) is 5.69 Å². The summed E-state index contributed by atoms with van der Waals surface area (Å²) in [7, 11) is 3.77. The summed E-state index contributed by atoms with van der Waals surface area (Å²) in [6.07, 6.45) is 2.15. The highest BCUT2D eigenvalue weighted by atomic mass is 19.1. The van der Waals surface area contributed by atoms with Crippen LogP contribution in [0.1, 0.15) is 23.9 Å². The van der Waals surface area contributed by atoms with Crippen molar-refractivity contribution in [1.82, 2.24) is 15.1 Å². The van der Waals surface area contributed by atoms with Crippen molar-refractivity contribution >= 4 is 0 Å². The molecule has 0 saturated heterocycles. The molecule has 2 aromatic rings. The fraction of sp³-hybridized carbons (Fsp3) is 0.438. The van der Waals surface area contributed by atoms with Crippen LogP contribution in [0.5, 0.6) is 0 Å². The van der Waals surface area contributed by atoms with Gasteiger partial charge in [-0.25, -0.2) is 8.78 Å². The van der Waals surface area contributed by atoms with Gasteiger partial charge in [0.2, 0.25) is 0 Å². The SMILES string of the molecule is CCc1cc(CC(Cc2ccc(F)cc2F)NC)n(C)n1. The highest BCUT2D eigenvalue weighted by Gasteiger charge is 2.14. The van der Waals surface area contributed by atoms with Crippen LogP contribution in [0, 0.1) is 11.6 Å². The molecule has 1 heterocycles. The smallest absolute Gasteiger partial charge is 0.129 e. The highest BCUT2D eigenvalue weighted by Crippen LogP contribution is 2.14. The summed E-state index contributed by atoms with van der Waals surface area (Å²) in [5, 5.41) is 7.61. The molecule has 0 fully saturated rings. The van der Waals surface area contributed by atoms with Gasteiger partial charge in [-0.05, 0) is 37.6 Å². The number of hydrogen-bond donors (Lipinski definition) is 1. The fourth-order valence-corrected chi connectivity index (χ4v) is 2.42. The van der Waals surface area contributed by atoms with E-state index in [0.29, 0.717) is 12.0 Å². The summed E-state index contributed by atoms with van der Waals surface area (Å²) in [5.74, 6) is -1.04. The van der Waals surface area contributed by atoms with Crippen LogP contribution in [0.4, 0.5) is 8.78 Å². The van der Waals surface area contributed by atoms with Gasteiger partial charge in [0.15, 0.2) is 0 Å². The highest BCUT2D eigenvalue weighted by molar-refractivity contribution is 5.20. The van der Waals surface area contributed by atoms with Crippen molar-refractivity contribution < 1.29 is 8.78 Å². The van der Waals surface area contributed by atoms with E-state index in [9.17, 15) is 8.78 Å². The average molecular weight is 293 g/mol. The Labute approximate surface area is 124 Å². The van der Waals surface area contributed by atoms with Gasteiger partial charge >= 0.3 is 0 Å². The number of nitrogens with one attached hydrogen (secondary N) is 1. The van der Waals surface area contributed by atoms with Crippen LogP contribution in [-0.4, -0.2) is 22.9 Å². The molecule has 3 nitrogen and oxygen atoms in total. The molecule has 0 spiro atoms. The lowest BCUT2D eigenvalue weighted by Crippen LogP contribution is -2.31. The Morgan fingerprint density at radius 1 is 1.24 bits per heavy atom. The van der Waals surface area contributed by atoms with Crippen LogP contribution in [0.2, 0.25) is 0 Å². The van der Waals surface area contributed by atoms with Crippen molar-refractivity contribution in [3.05, 3.63) is 52.9 Å². The zero-order valence-electron chi connectivity index (χ0n) is 12.7. The number of halogens is 2. The third-order valence-corrected chi connectivity index (χ3v) is 3.73. The predicted octanol–water partition coefficient (Wildman–Crippen LogP) is 2.63. The number of aromatic nitrogens is 2. The molecule has 0 saturated carbocycles. The van der Waals surface area contributed by atoms with Crippen LogP contribution >= 0.6 is 0 Å². The first kappa shape index (κ1) is 15.6. The average Bonchev–Trinajstić information content (AvgIpc) is 2.81. The first-order valence-electron chi connectivity index (χ1n) is 7.16. The predicted molar refractivity (Wildman–Crippen MR) is 79.2 cm³/mol. The normalized spacial score (nSPS) is 12.6. The lowest BCUT2D eigenvalue weighted by atomic mass is 10.0. The molecule has 2 rings (SSSR count). The van der Waals surface area contributed by atoms with E-state index in [0.717, 1.165) is 30.3 Å². The number of rotatable bonds is 6. The Morgan fingerprint density at radius 2 is 2.00 bits per heavy atom. The molecule has 114 valence electrons. The second kappa shape index (κ2) is 6.80. The topological polar surface area (TPSA) is 29.9 Å². The van der Waals surface area contributed by atoms with Crippen LogP contribution < -0.4 is 5.32 Å². The molecule has 0 aliphatic rings. The molecule has 0 bridgehead atoms. The Hall–Kier alpha value is -1.75. The Bertz CT molecular complexity index is 608. The van der Waals surface area contributed by atoms with E-state index in [1.54, 1.807) is 0 Å². The molecule has 1 aromatic heterocycles. The van der Waals surface area contributed by atoms with Gasteiger partial charge in [0.25, 0.3) is 0 Å². The monoisotopic (exact) mass is 293 g/mol. The van der Waals surface area contributed by atoms with E-state index < -0.39 is 11.6 Å². The fourth-order valence-electron chi connectivity index (χ4n) is 2.42. The lowest BCUT2D eigenvalue weighted by Gasteiger charge is -2.16. The van der Waals surface area contributed by atoms with E-state index in [1.165, 1.54) is 12.1 Å². The third-order valence-electron chi connectivity index (χ3n) is 3.73. The molecule has 1 N–H and O–H groups in total. The minimum Gasteiger partial charge on any atom is -0.316 e. The van der Waals surface area contributed by atoms with Crippen LogP contribution in [-0.2, 0) is 26.3 Å². The third kappa shape index (κ3) is 3.88. The molecule has 1 aromatic carbocycles. The van der Waals surface area contributed by atoms with E-state index in [2.05, 4.69) is 23.4 Å². The summed E-state index contributed by atoms with van der Waals surface area (Å²) < 4.78 is 28.5. The summed E-state index contributed by atoms with van der Waals surface area (Å²) in [6, 6.07) is 5.89. The number of aryl methyl sites for hydroxylation is 2. The van der Waals surface area contributed by atoms with Gasteiger partial charge in [-0.15, -0.1) is 0 Å². The van der Waals surface area contributed by atoms with Gasteiger partial charge in [0, 0.05) is 31.3 Å². The molecule has 0 aliphatic heterocycles. The van der Waals surface area contributed by atoms with Gasteiger partial charge in [-0.1, -0.05) is 13.0 Å². The lowest BCUT2D eigenvalue weighted by molar-refractivity contribution is 0.511. The Kier molecular flexibility index (Phi) is 5.07. The van der Waals surface area contributed by atoms with Crippen molar-refractivity contribution in [2.24, 2.45) is 7.05 Å². The van der Waals surface area contributed by atoms with Gasteiger partial charge in [0.1, 0.15) is 11.6 Å². The first-order valence-corrected chi connectivity index (χ1v) is 7.16.